The van der Waals surface area contributed by atoms with Gasteiger partial charge in [0.05, 0.1) is 7.11 Å². The van der Waals surface area contributed by atoms with Crippen LogP contribution in [0.5, 0.6) is 5.75 Å². The highest BCUT2D eigenvalue weighted by molar-refractivity contribution is 5.98. The molecular weight excluding hydrogens is 354 g/mol. The molecule has 2 aromatic carbocycles. The SMILES string of the molecule is COc1ccc(CCC(=O)O)cc1-c1cc2c(cc1C)C(C)(C)CC(=O)N2C. The number of anilines is 1. The zero-order valence-electron chi connectivity index (χ0n) is 17.1. The van der Waals surface area contributed by atoms with Crippen LogP contribution in [0.2, 0.25) is 0 Å². The smallest absolute Gasteiger partial charge is 0.303 e. The molecule has 28 heavy (non-hydrogen) atoms. The van der Waals surface area contributed by atoms with Crippen LogP contribution in [0.1, 0.15) is 43.4 Å². The molecule has 0 bridgehead atoms. The summed E-state index contributed by atoms with van der Waals surface area (Å²) in [5.41, 5.74) is 5.82. The Morgan fingerprint density at radius 1 is 1.21 bits per heavy atom. The molecule has 0 unspecified atom stereocenters. The van der Waals surface area contributed by atoms with Crippen molar-refractivity contribution < 1.29 is 19.4 Å². The molecule has 3 rings (SSSR count). The molecule has 0 saturated heterocycles. The van der Waals surface area contributed by atoms with E-state index in [2.05, 4.69) is 32.9 Å². The lowest BCUT2D eigenvalue weighted by Crippen LogP contribution is -2.39. The summed E-state index contributed by atoms with van der Waals surface area (Å²) in [6.07, 6.45) is 1.03. The standard InChI is InChI=1S/C23H27NO4/c1-14-10-18-19(24(4)21(25)13-23(18,2)3)12-16(14)17-11-15(7-9-22(26)27)6-8-20(17)28-5/h6,8,10-12H,7,9,13H2,1-5H3,(H,26,27). The third kappa shape index (κ3) is 3.61. The number of hydrogen-bond acceptors (Lipinski definition) is 3. The van der Waals surface area contributed by atoms with E-state index in [1.165, 1.54) is 0 Å². The molecule has 0 aromatic heterocycles. The Morgan fingerprint density at radius 3 is 2.57 bits per heavy atom. The molecule has 148 valence electrons. The van der Waals surface area contributed by atoms with Gasteiger partial charge in [-0.25, -0.2) is 0 Å². The van der Waals surface area contributed by atoms with Crippen molar-refractivity contribution in [3.63, 3.8) is 0 Å². The maximum absolute atomic E-state index is 12.5. The molecule has 1 N–H and O–H groups in total. The Kier molecular flexibility index (Phi) is 5.20. The fraction of sp³-hybridized carbons (Fsp3) is 0.391. The van der Waals surface area contributed by atoms with Crippen molar-refractivity contribution in [1.29, 1.82) is 0 Å². The highest BCUT2D eigenvalue weighted by Crippen LogP contribution is 2.44. The van der Waals surface area contributed by atoms with Gasteiger partial charge in [0.1, 0.15) is 5.75 Å². The van der Waals surface area contributed by atoms with E-state index in [1.807, 2.05) is 25.2 Å². The first-order chi connectivity index (χ1) is 13.1. The van der Waals surface area contributed by atoms with E-state index < -0.39 is 5.97 Å². The number of amides is 1. The zero-order chi connectivity index (χ0) is 20.6. The molecule has 0 aliphatic carbocycles. The molecule has 2 aromatic rings. The van der Waals surface area contributed by atoms with Gasteiger partial charge in [0.25, 0.3) is 0 Å². The van der Waals surface area contributed by atoms with Crippen molar-refractivity contribution in [3.8, 4) is 16.9 Å². The van der Waals surface area contributed by atoms with Gasteiger partial charge in [0.15, 0.2) is 0 Å². The molecule has 5 nitrogen and oxygen atoms in total. The summed E-state index contributed by atoms with van der Waals surface area (Å²) in [6, 6.07) is 9.99. The largest absolute Gasteiger partial charge is 0.496 e. The number of hydrogen-bond donors (Lipinski definition) is 1. The maximum Gasteiger partial charge on any atom is 0.303 e. The molecule has 0 fully saturated rings. The Hall–Kier alpha value is -2.82. The van der Waals surface area contributed by atoms with Crippen LogP contribution in [0.25, 0.3) is 11.1 Å². The summed E-state index contributed by atoms with van der Waals surface area (Å²) in [7, 11) is 3.44. The number of ether oxygens (including phenoxy) is 1. The predicted molar refractivity (Wildman–Crippen MR) is 110 cm³/mol. The zero-order valence-corrected chi connectivity index (χ0v) is 17.1. The third-order valence-electron chi connectivity index (χ3n) is 5.58. The normalized spacial score (nSPS) is 15.3. The quantitative estimate of drug-likeness (QED) is 0.837. The second-order valence-electron chi connectivity index (χ2n) is 8.13. The van der Waals surface area contributed by atoms with Gasteiger partial charge in [-0.15, -0.1) is 0 Å². The number of nitrogens with zero attached hydrogens (tertiary/aromatic N) is 1. The number of carboxylic acids is 1. The fourth-order valence-corrected chi connectivity index (χ4v) is 3.90. The first-order valence-corrected chi connectivity index (χ1v) is 9.45. The van der Waals surface area contributed by atoms with E-state index in [1.54, 1.807) is 12.0 Å². The van der Waals surface area contributed by atoms with Crippen LogP contribution in [0.4, 0.5) is 5.69 Å². The van der Waals surface area contributed by atoms with Gasteiger partial charge in [-0.3, -0.25) is 9.59 Å². The van der Waals surface area contributed by atoms with Crippen LogP contribution in [-0.2, 0) is 21.4 Å². The van der Waals surface area contributed by atoms with Crippen LogP contribution in [-0.4, -0.2) is 31.1 Å². The van der Waals surface area contributed by atoms with E-state index >= 15 is 0 Å². The number of benzene rings is 2. The lowest BCUT2D eigenvalue weighted by atomic mass is 9.76. The first kappa shape index (κ1) is 19.9. The molecule has 1 amide bonds. The first-order valence-electron chi connectivity index (χ1n) is 9.45. The summed E-state index contributed by atoms with van der Waals surface area (Å²) in [6.45, 7) is 6.26. The number of aliphatic carboxylic acids is 1. The van der Waals surface area contributed by atoms with Gasteiger partial charge in [0, 0.05) is 36.6 Å². The second-order valence-corrected chi connectivity index (χ2v) is 8.13. The second kappa shape index (κ2) is 7.30. The summed E-state index contributed by atoms with van der Waals surface area (Å²) in [5, 5.41) is 8.98. The van der Waals surface area contributed by atoms with Crippen molar-refractivity contribution in [1.82, 2.24) is 0 Å². The van der Waals surface area contributed by atoms with Crippen molar-refractivity contribution in [2.75, 3.05) is 19.1 Å². The topological polar surface area (TPSA) is 66.8 Å². The highest BCUT2D eigenvalue weighted by Gasteiger charge is 2.35. The number of rotatable bonds is 5. The number of fused-ring (bicyclic) bond motifs is 1. The summed E-state index contributed by atoms with van der Waals surface area (Å²) < 4.78 is 5.57. The Bertz CT molecular complexity index is 946. The van der Waals surface area contributed by atoms with Gasteiger partial charge in [-0.05, 0) is 53.8 Å². The van der Waals surface area contributed by atoms with Gasteiger partial charge < -0.3 is 14.7 Å². The number of methoxy groups -OCH3 is 1. The van der Waals surface area contributed by atoms with Crippen molar-refractivity contribution >= 4 is 17.6 Å². The van der Waals surface area contributed by atoms with Crippen molar-refractivity contribution in [2.45, 2.75) is 45.4 Å². The van der Waals surface area contributed by atoms with E-state index in [-0.39, 0.29) is 17.7 Å². The van der Waals surface area contributed by atoms with Crippen LogP contribution in [0.3, 0.4) is 0 Å². The number of carbonyl (C=O) groups is 2. The van der Waals surface area contributed by atoms with Crippen LogP contribution in [0.15, 0.2) is 30.3 Å². The van der Waals surface area contributed by atoms with E-state index in [4.69, 9.17) is 9.84 Å². The number of carboxylic acid groups (broad SMARTS) is 1. The Labute approximate surface area is 165 Å². The number of carbonyl (C=O) groups excluding carboxylic acids is 1. The monoisotopic (exact) mass is 381 g/mol. The van der Waals surface area contributed by atoms with Gasteiger partial charge in [-0.1, -0.05) is 26.0 Å². The van der Waals surface area contributed by atoms with Crippen LogP contribution >= 0.6 is 0 Å². The lowest BCUT2D eigenvalue weighted by molar-refractivity contribution is -0.137. The Balaban J connectivity index is 2.15. The van der Waals surface area contributed by atoms with Gasteiger partial charge >= 0.3 is 5.97 Å². The predicted octanol–water partition coefficient (Wildman–Crippen LogP) is 4.33. The summed E-state index contributed by atoms with van der Waals surface area (Å²) >= 11 is 0. The van der Waals surface area contributed by atoms with Crippen LogP contribution < -0.4 is 9.64 Å². The minimum atomic E-state index is -0.815. The lowest BCUT2D eigenvalue weighted by Gasteiger charge is -2.37. The van der Waals surface area contributed by atoms with Crippen LogP contribution in [0, 0.1) is 6.92 Å². The fourth-order valence-electron chi connectivity index (χ4n) is 3.90. The summed E-state index contributed by atoms with van der Waals surface area (Å²) in [4.78, 5) is 25.1. The molecule has 1 aliphatic heterocycles. The average molecular weight is 381 g/mol. The van der Waals surface area contributed by atoms with E-state index in [0.717, 1.165) is 39.3 Å². The van der Waals surface area contributed by atoms with Crippen molar-refractivity contribution in [3.05, 3.63) is 47.0 Å². The van der Waals surface area contributed by atoms with E-state index in [0.29, 0.717) is 12.8 Å². The number of aryl methyl sites for hydroxylation is 2. The van der Waals surface area contributed by atoms with Gasteiger partial charge in [-0.2, -0.15) is 0 Å². The van der Waals surface area contributed by atoms with Gasteiger partial charge in [0.2, 0.25) is 5.91 Å². The molecule has 1 heterocycles. The molecule has 1 aliphatic rings. The third-order valence-corrected chi connectivity index (χ3v) is 5.58. The Morgan fingerprint density at radius 2 is 1.93 bits per heavy atom. The van der Waals surface area contributed by atoms with Crippen molar-refractivity contribution in [2.24, 2.45) is 0 Å². The molecule has 0 spiro atoms. The summed E-state index contributed by atoms with van der Waals surface area (Å²) in [5.74, 6) is 0.0188. The molecule has 0 radical (unpaired) electrons. The molecule has 5 heteroatoms. The molecule has 0 saturated carbocycles. The molecule has 0 atom stereocenters. The minimum Gasteiger partial charge on any atom is -0.496 e. The highest BCUT2D eigenvalue weighted by atomic mass is 16.5. The maximum atomic E-state index is 12.5. The molecular formula is C23H27NO4. The van der Waals surface area contributed by atoms with E-state index in [9.17, 15) is 9.59 Å². The minimum absolute atomic E-state index is 0.0837. The average Bonchev–Trinajstić information content (AvgIpc) is 2.64.